The van der Waals surface area contributed by atoms with Gasteiger partial charge in [-0.2, -0.15) is 0 Å². The van der Waals surface area contributed by atoms with Crippen LogP contribution in [0.25, 0.3) is 5.52 Å². The van der Waals surface area contributed by atoms with E-state index in [1.807, 2.05) is 39.1 Å². The number of pyridine rings is 1. The average molecular weight is 372 g/mol. The Morgan fingerprint density at radius 3 is 2.81 bits per heavy atom. The van der Waals surface area contributed by atoms with E-state index in [9.17, 15) is 4.79 Å². The standard InChI is InChI=1S/C14H18BrN3O2S/c1-5-21-11-10-7-6-9(15)8-18(10)17-12(11)16-13(19)20-14(2,3)4/h6-8H,5H2,1-4H3,(H,16,17,19). The summed E-state index contributed by atoms with van der Waals surface area (Å²) in [6.07, 6.45) is 1.36. The quantitative estimate of drug-likeness (QED) is 0.803. The number of aromatic nitrogens is 2. The van der Waals surface area contributed by atoms with Crippen molar-refractivity contribution in [2.24, 2.45) is 0 Å². The fraction of sp³-hybridized carbons (Fsp3) is 0.429. The van der Waals surface area contributed by atoms with Crippen molar-refractivity contribution in [1.29, 1.82) is 0 Å². The van der Waals surface area contributed by atoms with Gasteiger partial charge in [0.1, 0.15) is 5.60 Å². The summed E-state index contributed by atoms with van der Waals surface area (Å²) in [7, 11) is 0. The molecule has 2 aromatic heterocycles. The number of anilines is 1. The molecule has 2 heterocycles. The van der Waals surface area contributed by atoms with Crippen LogP contribution in [0.1, 0.15) is 27.7 Å². The number of hydrogen-bond acceptors (Lipinski definition) is 4. The second-order valence-electron chi connectivity index (χ2n) is 5.41. The molecule has 1 N–H and O–H groups in total. The zero-order chi connectivity index (χ0) is 15.6. The maximum Gasteiger partial charge on any atom is 0.413 e. The summed E-state index contributed by atoms with van der Waals surface area (Å²) in [6, 6.07) is 3.92. The SMILES string of the molecule is CCSc1c(NC(=O)OC(C)(C)C)nn2cc(Br)ccc12. The van der Waals surface area contributed by atoms with Crippen molar-refractivity contribution in [3.05, 3.63) is 22.8 Å². The number of ether oxygens (including phenoxy) is 1. The maximum atomic E-state index is 11.9. The fourth-order valence-corrected chi connectivity index (χ4v) is 2.92. The van der Waals surface area contributed by atoms with Gasteiger partial charge >= 0.3 is 6.09 Å². The molecule has 0 bridgehead atoms. The molecule has 0 aliphatic heterocycles. The largest absolute Gasteiger partial charge is 0.444 e. The number of fused-ring (bicyclic) bond motifs is 1. The van der Waals surface area contributed by atoms with Gasteiger partial charge in [0.2, 0.25) is 0 Å². The molecule has 5 nitrogen and oxygen atoms in total. The molecular weight excluding hydrogens is 354 g/mol. The molecule has 2 rings (SSSR count). The second-order valence-corrected chi connectivity index (χ2v) is 7.60. The van der Waals surface area contributed by atoms with E-state index in [2.05, 4.69) is 33.3 Å². The van der Waals surface area contributed by atoms with Gasteiger partial charge in [0, 0.05) is 10.7 Å². The summed E-state index contributed by atoms with van der Waals surface area (Å²) in [4.78, 5) is 12.9. The first-order chi connectivity index (χ1) is 9.80. The van der Waals surface area contributed by atoms with Crippen molar-refractivity contribution in [2.75, 3.05) is 11.1 Å². The number of nitrogens with one attached hydrogen (secondary N) is 1. The third kappa shape index (κ3) is 4.14. The van der Waals surface area contributed by atoms with E-state index in [0.29, 0.717) is 5.82 Å². The Balaban J connectivity index is 2.34. The predicted molar refractivity (Wildman–Crippen MR) is 89.1 cm³/mol. The van der Waals surface area contributed by atoms with E-state index in [1.165, 1.54) is 0 Å². The van der Waals surface area contributed by atoms with Crippen LogP contribution in [0.3, 0.4) is 0 Å². The highest BCUT2D eigenvalue weighted by Gasteiger charge is 2.20. The lowest BCUT2D eigenvalue weighted by Gasteiger charge is -2.19. The van der Waals surface area contributed by atoms with Crippen molar-refractivity contribution in [3.8, 4) is 0 Å². The lowest BCUT2D eigenvalue weighted by atomic mass is 10.2. The molecule has 0 unspecified atom stereocenters. The van der Waals surface area contributed by atoms with Gasteiger partial charge in [0.25, 0.3) is 0 Å². The molecule has 0 aliphatic carbocycles. The number of halogens is 1. The van der Waals surface area contributed by atoms with Crippen LogP contribution < -0.4 is 5.32 Å². The third-order valence-corrected chi connectivity index (χ3v) is 3.91. The first kappa shape index (κ1) is 16.2. The van der Waals surface area contributed by atoms with Gasteiger partial charge in [-0.15, -0.1) is 16.9 Å². The Kier molecular flexibility index (Phi) is 4.83. The van der Waals surface area contributed by atoms with E-state index < -0.39 is 11.7 Å². The molecule has 0 fully saturated rings. The van der Waals surface area contributed by atoms with Crippen molar-refractivity contribution >= 4 is 45.1 Å². The minimum atomic E-state index is -0.537. The Morgan fingerprint density at radius 1 is 1.48 bits per heavy atom. The molecule has 0 aromatic carbocycles. The number of carbonyl (C=O) groups is 1. The molecule has 0 saturated carbocycles. The van der Waals surface area contributed by atoms with E-state index in [4.69, 9.17) is 4.74 Å². The lowest BCUT2D eigenvalue weighted by Crippen LogP contribution is -2.27. The smallest absolute Gasteiger partial charge is 0.413 e. The minimum absolute atomic E-state index is 0.497. The van der Waals surface area contributed by atoms with Crippen molar-refractivity contribution < 1.29 is 9.53 Å². The van der Waals surface area contributed by atoms with E-state index in [-0.39, 0.29) is 0 Å². The van der Waals surface area contributed by atoms with Crippen LogP contribution in [0.4, 0.5) is 10.6 Å². The molecule has 1 amide bonds. The number of carbonyl (C=O) groups excluding carboxylic acids is 1. The summed E-state index contributed by atoms with van der Waals surface area (Å²) in [5.41, 5.74) is 0.417. The van der Waals surface area contributed by atoms with E-state index >= 15 is 0 Å². The first-order valence-electron chi connectivity index (χ1n) is 6.61. The zero-order valence-corrected chi connectivity index (χ0v) is 14.8. The highest BCUT2D eigenvalue weighted by Crippen LogP contribution is 2.32. The monoisotopic (exact) mass is 371 g/mol. The Hall–Kier alpha value is -1.21. The van der Waals surface area contributed by atoms with Gasteiger partial charge in [0.15, 0.2) is 5.82 Å². The van der Waals surface area contributed by atoms with Gasteiger partial charge < -0.3 is 4.74 Å². The topological polar surface area (TPSA) is 55.6 Å². The lowest BCUT2D eigenvalue weighted by molar-refractivity contribution is 0.0635. The van der Waals surface area contributed by atoms with Crippen LogP contribution >= 0.6 is 27.7 Å². The minimum Gasteiger partial charge on any atom is -0.444 e. The maximum absolute atomic E-state index is 11.9. The van der Waals surface area contributed by atoms with Crippen LogP contribution in [0.15, 0.2) is 27.7 Å². The normalized spacial score (nSPS) is 11.7. The summed E-state index contributed by atoms with van der Waals surface area (Å²) in [5.74, 6) is 1.41. The summed E-state index contributed by atoms with van der Waals surface area (Å²) in [6.45, 7) is 7.55. The first-order valence-corrected chi connectivity index (χ1v) is 8.38. The van der Waals surface area contributed by atoms with Crippen LogP contribution in [0, 0.1) is 0 Å². The number of rotatable bonds is 3. The van der Waals surface area contributed by atoms with Crippen molar-refractivity contribution in [2.45, 2.75) is 38.2 Å². The fourth-order valence-electron chi connectivity index (χ4n) is 1.77. The highest BCUT2D eigenvalue weighted by molar-refractivity contribution is 9.10. The Labute approximate surface area is 136 Å². The third-order valence-electron chi connectivity index (χ3n) is 2.46. The summed E-state index contributed by atoms with van der Waals surface area (Å²) < 4.78 is 7.95. The van der Waals surface area contributed by atoms with Crippen LogP contribution in [-0.4, -0.2) is 27.1 Å². The van der Waals surface area contributed by atoms with Crippen LogP contribution in [0.5, 0.6) is 0 Å². The molecule has 0 atom stereocenters. The van der Waals surface area contributed by atoms with E-state index in [0.717, 1.165) is 20.6 Å². The van der Waals surface area contributed by atoms with Crippen LogP contribution in [-0.2, 0) is 4.74 Å². The van der Waals surface area contributed by atoms with Gasteiger partial charge in [-0.3, -0.25) is 5.32 Å². The Morgan fingerprint density at radius 2 is 2.19 bits per heavy atom. The molecular formula is C14H18BrN3O2S. The molecule has 0 radical (unpaired) electrons. The Bertz CT molecular complexity index is 664. The highest BCUT2D eigenvalue weighted by atomic mass is 79.9. The van der Waals surface area contributed by atoms with E-state index in [1.54, 1.807) is 16.3 Å². The number of amides is 1. The number of hydrogen-bond donors (Lipinski definition) is 1. The average Bonchev–Trinajstić information content (AvgIpc) is 2.64. The second kappa shape index (κ2) is 6.27. The summed E-state index contributed by atoms with van der Waals surface area (Å²) >= 11 is 5.05. The summed E-state index contributed by atoms with van der Waals surface area (Å²) in [5, 5.41) is 7.15. The van der Waals surface area contributed by atoms with Gasteiger partial charge in [0.05, 0.1) is 10.4 Å². The number of nitrogens with zero attached hydrogens (tertiary/aromatic N) is 2. The number of thioether (sulfide) groups is 1. The molecule has 0 saturated heterocycles. The van der Waals surface area contributed by atoms with Crippen molar-refractivity contribution in [1.82, 2.24) is 9.61 Å². The molecule has 0 spiro atoms. The molecule has 7 heteroatoms. The molecule has 114 valence electrons. The van der Waals surface area contributed by atoms with Gasteiger partial charge in [-0.05, 0) is 54.6 Å². The molecule has 2 aromatic rings. The molecule has 0 aliphatic rings. The molecule has 21 heavy (non-hydrogen) atoms. The zero-order valence-electron chi connectivity index (χ0n) is 12.4. The van der Waals surface area contributed by atoms with Crippen LogP contribution in [0.2, 0.25) is 0 Å². The van der Waals surface area contributed by atoms with Gasteiger partial charge in [-0.25, -0.2) is 9.31 Å². The predicted octanol–water partition coefficient (Wildman–Crippen LogP) is 4.56. The van der Waals surface area contributed by atoms with Crippen molar-refractivity contribution in [3.63, 3.8) is 0 Å². The van der Waals surface area contributed by atoms with Gasteiger partial charge in [-0.1, -0.05) is 6.92 Å².